The Balaban J connectivity index is 2.57. The molecule has 0 bridgehead atoms. The second-order valence-corrected chi connectivity index (χ2v) is 4.28. The van der Waals surface area contributed by atoms with Gasteiger partial charge >= 0.3 is 0 Å². The van der Waals surface area contributed by atoms with Crippen molar-refractivity contribution in [3.63, 3.8) is 0 Å². The smallest absolute Gasteiger partial charge is 0.242 e. The van der Waals surface area contributed by atoms with E-state index in [2.05, 4.69) is 15.6 Å². The van der Waals surface area contributed by atoms with E-state index in [0.717, 1.165) is 5.69 Å². The van der Waals surface area contributed by atoms with Gasteiger partial charge in [0.15, 0.2) is 0 Å². The van der Waals surface area contributed by atoms with Gasteiger partial charge in [0.1, 0.15) is 11.2 Å². The molecule has 16 heavy (non-hydrogen) atoms. The summed E-state index contributed by atoms with van der Waals surface area (Å²) in [5.41, 5.74) is 0.784. The fraction of sp³-hybridized carbons (Fsp3) is 0.455. The van der Waals surface area contributed by atoms with Gasteiger partial charge in [0.25, 0.3) is 0 Å². The fourth-order valence-electron chi connectivity index (χ4n) is 1.22. The van der Waals surface area contributed by atoms with E-state index in [-0.39, 0.29) is 18.0 Å². The predicted molar refractivity (Wildman–Crippen MR) is 65.6 cm³/mol. The minimum absolute atomic E-state index is 0.0389. The topological polar surface area (TPSA) is 54.0 Å². The van der Waals surface area contributed by atoms with Gasteiger partial charge in [0, 0.05) is 17.9 Å². The highest BCUT2D eigenvalue weighted by Crippen LogP contribution is 2.12. The van der Waals surface area contributed by atoms with Crippen LogP contribution in [0.25, 0.3) is 0 Å². The summed E-state index contributed by atoms with van der Waals surface area (Å²) in [7, 11) is 0. The first-order valence-electron chi connectivity index (χ1n) is 5.17. The van der Waals surface area contributed by atoms with Crippen molar-refractivity contribution in [1.82, 2.24) is 10.3 Å². The van der Waals surface area contributed by atoms with Gasteiger partial charge in [-0.25, -0.2) is 4.98 Å². The van der Waals surface area contributed by atoms with Crippen molar-refractivity contribution in [1.29, 1.82) is 0 Å². The molecule has 1 rings (SSSR count). The van der Waals surface area contributed by atoms with Crippen molar-refractivity contribution < 1.29 is 4.79 Å². The maximum Gasteiger partial charge on any atom is 0.242 e. The maximum absolute atomic E-state index is 11.6. The van der Waals surface area contributed by atoms with Crippen LogP contribution in [0.4, 0.5) is 5.69 Å². The molecule has 0 aliphatic carbocycles. The number of nitrogens with one attached hydrogen (secondary N) is 2. The van der Waals surface area contributed by atoms with E-state index in [1.807, 2.05) is 13.8 Å². The van der Waals surface area contributed by atoms with Crippen LogP contribution in [0.2, 0.25) is 5.15 Å². The number of amides is 1. The molecule has 5 heteroatoms. The average molecular weight is 242 g/mol. The zero-order chi connectivity index (χ0) is 12.1. The van der Waals surface area contributed by atoms with E-state index in [9.17, 15) is 4.79 Å². The van der Waals surface area contributed by atoms with Crippen molar-refractivity contribution in [2.75, 3.05) is 5.32 Å². The molecule has 4 nitrogen and oxygen atoms in total. The molecular weight excluding hydrogens is 226 g/mol. The summed E-state index contributed by atoms with van der Waals surface area (Å²) in [4.78, 5) is 15.5. The molecule has 1 aromatic heterocycles. The van der Waals surface area contributed by atoms with E-state index in [1.165, 1.54) is 0 Å². The standard InChI is InChI=1S/C11H16ClN3O/c1-7(2)14-11(16)8(3)15-9-4-5-13-10(12)6-9/h4-8H,1-3H3,(H,13,15)(H,14,16). The Morgan fingerprint density at radius 1 is 1.44 bits per heavy atom. The molecule has 1 atom stereocenters. The summed E-state index contributed by atoms with van der Waals surface area (Å²) < 4.78 is 0. The van der Waals surface area contributed by atoms with Crippen LogP contribution >= 0.6 is 11.6 Å². The molecule has 0 aliphatic heterocycles. The Morgan fingerprint density at radius 3 is 2.69 bits per heavy atom. The van der Waals surface area contributed by atoms with E-state index in [1.54, 1.807) is 25.3 Å². The number of hydrogen-bond donors (Lipinski definition) is 2. The third-order valence-electron chi connectivity index (χ3n) is 1.93. The number of aromatic nitrogens is 1. The number of carbonyl (C=O) groups excluding carboxylic acids is 1. The van der Waals surface area contributed by atoms with E-state index < -0.39 is 0 Å². The van der Waals surface area contributed by atoms with Crippen LogP contribution in [0, 0.1) is 0 Å². The van der Waals surface area contributed by atoms with E-state index in [0.29, 0.717) is 5.15 Å². The molecule has 88 valence electrons. The molecule has 0 saturated carbocycles. The van der Waals surface area contributed by atoms with Gasteiger partial charge in [0.2, 0.25) is 5.91 Å². The zero-order valence-corrected chi connectivity index (χ0v) is 10.4. The second kappa shape index (κ2) is 5.70. The van der Waals surface area contributed by atoms with Gasteiger partial charge in [0.05, 0.1) is 0 Å². The van der Waals surface area contributed by atoms with Gasteiger partial charge in [-0.2, -0.15) is 0 Å². The summed E-state index contributed by atoms with van der Waals surface area (Å²) in [6.45, 7) is 5.65. The van der Waals surface area contributed by atoms with Crippen molar-refractivity contribution >= 4 is 23.2 Å². The summed E-state index contributed by atoms with van der Waals surface area (Å²) in [6.07, 6.45) is 1.59. The molecule has 2 N–H and O–H groups in total. The lowest BCUT2D eigenvalue weighted by Crippen LogP contribution is -2.40. The summed E-state index contributed by atoms with van der Waals surface area (Å²) in [5.74, 6) is -0.0389. The minimum atomic E-state index is -0.305. The van der Waals surface area contributed by atoms with Crippen molar-refractivity contribution in [3.05, 3.63) is 23.5 Å². The number of pyridine rings is 1. The van der Waals surface area contributed by atoms with Crippen LogP contribution in [0.5, 0.6) is 0 Å². The summed E-state index contributed by atoms with van der Waals surface area (Å²) in [6, 6.07) is 3.28. The quantitative estimate of drug-likeness (QED) is 0.794. The number of nitrogens with zero attached hydrogens (tertiary/aromatic N) is 1. The Hall–Kier alpha value is -1.29. The van der Waals surface area contributed by atoms with Gasteiger partial charge in [-0.15, -0.1) is 0 Å². The minimum Gasteiger partial charge on any atom is -0.374 e. The Labute approximate surface area is 100 Å². The fourth-order valence-corrected chi connectivity index (χ4v) is 1.39. The van der Waals surface area contributed by atoms with Gasteiger partial charge in [-0.1, -0.05) is 11.6 Å². The number of carbonyl (C=O) groups is 1. The number of halogens is 1. The first-order valence-corrected chi connectivity index (χ1v) is 5.55. The number of hydrogen-bond acceptors (Lipinski definition) is 3. The summed E-state index contributed by atoms with van der Waals surface area (Å²) in [5, 5.41) is 6.28. The predicted octanol–water partition coefficient (Wildman–Crippen LogP) is 2.06. The average Bonchev–Trinajstić information content (AvgIpc) is 2.16. The lowest BCUT2D eigenvalue weighted by Gasteiger charge is -2.16. The third kappa shape index (κ3) is 4.06. The van der Waals surface area contributed by atoms with Gasteiger partial charge in [-0.3, -0.25) is 4.79 Å². The molecule has 0 radical (unpaired) electrons. The highest BCUT2D eigenvalue weighted by Gasteiger charge is 2.13. The Morgan fingerprint density at radius 2 is 2.12 bits per heavy atom. The molecule has 1 aromatic rings. The van der Waals surface area contributed by atoms with Crippen LogP contribution in [0.3, 0.4) is 0 Å². The Bertz CT molecular complexity index is 368. The molecule has 0 fully saturated rings. The molecular formula is C11H16ClN3O. The van der Waals surface area contributed by atoms with Crippen molar-refractivity contribution in [3.8, 4) is 0 Å². The molecule has 0 spiro atoms. The second-order valence-electron chi connectivity index (χ2n) is 3.90. The van der Waals surface area contributed by atoms with Crippen molar-refractivity contribution in [2.45, 2.75) is 32.9 Å². The van der Waals surface area contributed by atoms with Crippen LogP contribution < -0.4 is 10.6 Å². The highest BCUT2D eigenvalue weighted by molar-refractivity contribution is 6.29. The van der Waals surface area contributed by atoms with Crippen LogP contribution in [0.15, 0.2) is 18.3 Å². The lowest BCUT2D eigenvalue weighted by atomic mass is 10.2. The zero-order valence-electron chi connectivity index (χ0n) is 9.62. The van der Waals surface area contributed by atoms with E-state index in [4.69, 9.17) is 11.6 Å². The van der Waals surface area contributed by atoms with Gasteiger partial charge in [-0.05, 0) is 32.9 Å². The molecule has 0 aliphatic rings. The van der Waals surface area contributed by atoms with Gasteiger partial charge < -0.3 is 10.6 Å². The summed E-state index contributed by atoms with van der Waals surface area (Å²) >= 11 is 5.74. The first-order chi connectivity index (χ1) is 7.49. The largest absolute Gasteiger partial charge is 0.374 e. The van der Waals surface area contributed by atoms with Crippen molar-refractivity contribution in [2.24, 2.45) is 0 Å². The maximum atomic E-state index is 11.6. The molecule has 0 saturated heterocycles. The number of rotatable bonds is 4. The molecule has 1 unspecified atom stereocenters. The van der Waals surface area contributed by atoms with Crippen LogP contribution in [0.1, 0.15) is 20.8 Å². The SMILES string of the molecule is CC(C)NC(=O)C(C)Nc1ccnc(Cl)c1. The first kappa shape index (κ1) is 12.8. The molecule has 0 aromatic carbocycles. The molecule has 1 amide bonds. The normalized spacial score (nSPS) is 12.3. The molecule has 1 heterocycles. The van der Waals surface area contributed by atoms with Crippen LogP contribution in [-0.4, -0.2) is 23.0 Å². The van der Waals surface area contributed by atoms with Crippen LogP contribution in [-0.2, 0) is 4.79 Å². The Kier molecular flexibility index (Phi) is 4.55. The lowest BCUT2D eigenvalue weighted by molar-refractivity contribution is -0.122. The monoisotopic (exact) mass is 241 g/mol. The third-order valence-corrected chi connectivity index (χ3v) is 2.14. The number of anilines is 1. The highest BCUT2D eigenvalue weighted by atomic mass is 35.5. The van der Waals surface area contributed by atoms with E-state index >= 15 is 0 Å².